The summed E-state index contributed by atoms with van der Waals surface area (Å²) in [5.74, 6) is -0.187. The fourth-order valence-electron chi connectivity index (χ4n) is 2.66. The predicted molar refractivity (Wildman–Crippen MR) is 83.9 cm³/mol. The molecular formula is C17H24FN3. The summed E-state index contributed by atoms with van der Waals surface area (Å²) in [6.07, 6.45) is 1.03. The molecule has 2 rings (SSSR count). The molecule has 4 heteroatoms. The molecule has 3 nitrogen and oxygen atoms in total. The second-order valence-corrected chi connectivity index (χ2v) is 5.48. The summed E-state index contributed by atoms with van der Waals surface area (Å²) in [6.45, 7) is 9.80. The van der Waals surface area contributed by atoms with Crippen LogP contribution < -0.4 is 5.32 Å². The Kier molecular flexibility index (Phi) is 5.12. The lowest BCUT2D eigenvalue weighted by atomic mass is 10.0. The topological polar surface area (TPSA) is 29.9 Å². The van der Waals surface area contributed by atoms with Gasteiger partial charge in [-0.3, -0.25) is 4.68 Å². The molecule has 0 amide bonds. The summed E-state index contributed by atoms with van der Waals surface area (Å²) >= 11 is 0. The molecule has 0 aliphatic rings. The Labute approximate surface area is 126 Å². The molecule has 1 aromatic heterocycles. The first kappa shape index (κ1) is 15.7. The van der Waals surface area contributed by atoms with Crippen LogP contribution in [0, 0.1) is 19.7 Å². The highest BCUT2D eigenvalue weighted by atomic mass is 19.1. The van der Waals surface area contributed by atoms with E-state index in [1.54, 1.807) is 12.1 Å². The molecule has 0 radical (unpaired) electrons. The van der Waals surface area contributed by atoms with Gasteiger partial charge in [-0.2, -0.15) is 5.10 Å². The van der Waals surface area contributed by atoms with Gasteiger partial charge in [-0.15, -0.1) is 0 Å². The third kappa shape index (κ3) is 3.70. The van der Waals surface area contributed by atoms with Crippen molar-refractivity contribution in [2.24, 2.45) is 0 Å². The molecule has 1 unspecified atom stereocenters. The van der Waals surface area contributed by atoms with Crippen molar-refractivity contribution in [2.75, 3.05) is 6.54 Å². The van der Waals surface area contributed by atoms with Gasteiger partial charge in [0.25, 0.3) is 0 Å². The van der Waals surface area contributed by atoms with E-state index in [9.17, 15) is 4.39 Å². The zero-order valence-electron chi connectivity index (χ0n) is 13.3. The number of nitrogens with zero attached hydrogens (tertiary/aromatic N) is 2. The Morgan fingerprint density at radius 2 is 1.95 bits per heavy atom. The molecule has 0 aliphatic heterocycles. The number of rotatable bonds is 6. The van der Waals surface area contributed by atoms with E-state index in [-0.39, 0.29) is 11.9 Å². The SMILES string of the molecule is CCCNC(c1cc(C)cc(F)c1)c1cc(C)nn1CC. The first-order chi connectivity index (χ1) is 10.0. The third-order valence-electron chi connectivity index (χ3n) is 3.52. The molecule has 1 N–H and O–H groups in total. The Morgan fingerprint density at radius 1 is 1.19 bits per heavy atom. The maximum atomic E-state index is 13.8. The average Bonchev–Trinajstić information content (AvgIpc) is 2.79. The molecule has 1 heterocycles. The van der Waals surface area contributed by atoms with Gasteiger partial charge in [0, 0.05) is 6.54 Å². The lowest BCUT2D eigenvalue weighted by Crippen LogP contribution is -2.26. The Morgan fingerprint density at radius 3 is 2.57 bits per heavy atom. The van der Waals surface area contributed by atoms with E-state index in [2.05, 4.69) is 30.3 Å². The average molecular weight is 289 g/mol. The standard InChI is InChI=1S/C17H24FN3/c1-5-7-19-17(14-8-12(3)9-15(18)11-14)16-10-13(4)20-21(16)6-2/h8-11,17,19H,5-7H2,1-4H3. The normalized spacial score (nSPS) is 12.6. The van der Waals surface area contributed by atoms with Gasteiger partial charge in [-0.1, -0.05) is 13.0 Å². The van der Waals surface area contributed by atoms with Gasteiger partial charge in [-0.05, 0) is 63.1 Å². The highest BCUT2D eigenvalue weighted by Gasteiger charge is 2.19. The van der Waals surface area contributed by atoms with E-state index in [0.29, 0.717) is 0 Å². The van der Waals surface area contributed by atoms with Crippen LogP contribution in [0.5, 0.6) is 0 Å². The number of aryl methyl sites for hydroxylation is 3. The Balaban J connectivity index is 2.46. The fourth-order valence-corrected chi connectivity index (χ4v) is 2.66. The summed E-state index contributed by atoms with van der Waals surface area (Å²) in [4.78, 5) is 0. The largest absolute Gasteiger partial charge is 0.305 e. The molecule has 1 aromatic carbocycles. The molecule has 1 atom stereocenters. The second kappa shape index (κ2) is 6.85. The van der Waals surface area contributed by atoms with Crippen LogP contribution in [0.3, 0.4) is 0 Å². The van der Waals surface area contributed by atoms with Crippen LogP contribution in [0.25, 0.3) is 0 Å². The minimum absolute atomic E-state index is 0.0273. The summed E-state index contributed by atoms with van der Waals surface area (Å²) < 4.78 is 15.8. The fraction of sp³-hybridized carbons (Fsp3) is 0.471. The van der Waals surface area contributed by atoms with Crippen LogP contribution in [-0.4, -0.2) is 16.3 Å². The highest BCUT2D eigenvalue weighted by Crippen LogP contribution is 2.25. The molecular weight excluding hydrogens is 265 g/mol. The van der Waals surface area contributed by atoms with E-state index in [1.807, 2.05) is 24.6 Å². The van der Waals surface area contributed by atoms with Crippen molar-refractivity contribution in [2.45, 2.75) is 46.7 Å². The van der Waals surface area contributed by atoms with Crippen LogP contribution >= 0.6 is 0 Å². The molecule has 0 aliphatic carbocycles. The van der Waals surface area contributed by atoms with E-state index in [1.165, 1.54) is 0 Å². The van der Waals surface area contributed by atoms with Gasteiger partial charge >= 0.3 is 0 Å². The monoisotopic (exact) mass is 289 g/mol. The van der Waals surface area contributed by atoms with E-state index >= 15 is 0 Å². The minimum atomic E-state index is -0.187. The van der Waals surface area contributed by atoms with Crippen molar-refractivity contribution < 1.29 is 4.39 Å². The lowest BCUT2D eigenvalue weighted by molar-refractivity contribution is 0.525. The molecule has 114 valence electrons. The van der Waals surface area contributed by atoms with Gasteiger partial charge in [0.2, 0.25) is 0 Å². The van der Waals surface area contributed by atoms with Crippen molar-refractivity contribution in [1.29, 1.82) is 0 Å². The number of nitrogens with one attached hydrogen (secondary N) is 1. The molecule has 0 saturated carbocycles. The number of benzene rings is 1. The number of hydrogen-bond donors (Lipinski definition) is 1. The Bertz CT molecular complexity index is 584. The zero-order valence-corrected chi connectivity index (χ0v) is 13.3. The summed E-state index contributed by atoms with van der Waals surface area (Å²) in [5.41, 5.74) is 3.97. The Hall–Kier alpha value is -1.68. The second-order valence-electron chi connectivity index (χ2n) is 5.48. The van der Waals surface area contributed by atoms with Crippen molar-refractivity contribution in [1.82, 2.24) is 15.1 Å². The van der Waals surface area contributed by atoms with Crippen LogP contribution in [-0.2, 0) is 6.54 Å². The van der Waals surface area contributed by atoms with Crippen molar-refractivity contribution in [3.05, 3.63) is 52.6 Å². The van der Waals surface area contributed by atoms with Gasteiger partial charge in [-0.25, -0.2) is 4.39 Å². The van der Waals surface area contributed by atoms with Gasteiger partial charge in [0.1, 0.15) is 5.82 Å². The molecule has 0 fully saturated rings. The van der Waals surface area contributed by atoms with E-state index < -0.39 is 0 Å². The number of aromatic nitrogens is 2. The third-order valence-corrected chi connectivity index (χ3v) is 3.52. The molecule has 0 saturated heterocycles. The van der Waals surface area contributed by atoms with Crippen molar-refractivity contribution >= 4 is 0 Å². The molecule has 2 aromatic rings. The number of hydrogen-bond acceptors (Lipinski definition) is 2. The van der Waals surface area contributed by atoms with E-state index in [0.717, 1.165) is 42.0 Å². The van der Waals surface area contributed by atoms with Crippen molar-refractivity contribution in [3.8, 4) is 0 Å². The van der Waals surface area contributed by atoms with Crippen LogP contribution in [0.4, 0.5) is 4.39 Å². The van der Waals surface area contributed by atoms with Crippen LogP contribution in [0.15, 0.2) is 24.3 Å². The molecule has 0 bridgehead atoms. The van der Waals surface area contributed by atoms with Gasteiger partial charge < -0.3 is 5.32 Å². The summed E-state index contributed by atoms with van der Waals surface area (Å²) in [7, 11) is 0. The molecule has 21 heavy (non-hydrogen) atoms. The molecule has 0 spiro atoms. The predicted octanol–water partition coefficient (Wildman–Crippen LogP) is 3.75. The van der Waals surface area contributed by atoms with Gasteiger partial charge in [0.05, 0.1) is 17.4 Å². The maximum absolute atomic E-state index is 13.8. The van der Waals surface area contributed by atoms with Crippen LogP contribution in [0.1, 0.15) is 48.8 Å². The maximum Gasteiger partial charge on any atom is 0.123 e. The van der Waals surface area contributed by atoms with E-state index in [4.69, 9.17) is 0 Å². The lowest BCUT2D eigenvalue weighted by Gasteiger charge is -2.20. The minimum Gasteiger partial charge on any atom is -0.305 e. The first-order valence-corrected chi connectivity index (χ1v) is 7.60. The highest BCUT2D eigenvalue weighted by molar-refractivity contribution is 5.32. The number of halogens is 1. The zero-order chi connectivity index (χ0) is 15.4. The first-order valence-electron chi connectivity index (χ1n) is 7.60. The summed E-state index contributed by atoms with van der Waals surface area (Å²) in [6, 6.07) is 7.27. The van der Waals surface area contributed by atoms with Crippen LogP contribution in [0.2, 0.25) is 0 Å². The smallest absolute Gasteiger partial charge is 0.123 e. The van der Waals surface area contributed by atoms with Gasteiger partial charge in [0.15, 0.2) is 0 Å². The summed E-state index contributed by atoms with van der Waals surface area (Å²) in [5, 5.41) is 8.03. The quantitative estimate of drug-likeness (QED) is 0.877. The van der Waals surface area contributed by atoms with Crippen molar-refractivity contribution in [3.63, 3.8) is 0 Å².